The molecular weight excluding hydrogens is 316 g/mol. The van der Waals surface area contributed by atoms with Gasteiger partial charge in [-0.05, 0) is 55.2 Å². The molecule has 0 bridgehead atoms. The second-order valence-corrected chi connectivity index (χ2v) is 6.63. The monoisotopic (exact) mass is 334 g/mol. The number of hydrogen-bond donors (Lipinski definition) is 1. The van der Waals surface area contributed by atoms with Crippen LogP contribution in [-0.2, 0) is 16.8 Å². The maximum Gasteiger partial charge on any atom is 0.178 e. The van der Waals surface area contributed by atoms with E-state index >= 15 is 0 Å². The van der Waals surface area contributed by atoms with Crippen molar-refractivity contribution in [2.75, 3.05) is 0 Å². The molecule has 1 unspecified atom stereocenters. The lowest BCUT2D eigenvalue weighted by Gasteiger charge is -2.23. The predicted molar refractivity (Wildman–Crippen MR) is 92.1 cm³/mol. The molecule has 0 spiro atoms. The topological polar surface area (TPSA) is 76.2 Å². The van der Waals surface area contributed by atoms with Crippen LogP contribution in [0.4, 0.5) is 0 Å². The van der Waals surface area contributed by atoms with E-state index in [1.54, 1.807) is 12.4 Å². The molecule has 5 nitrogen and oxygen atoms in total. The van der Waals surface area contributed by atoms with Gasteiger partial charge in [-0.1, -0.05) is 17.3 Å². The van der Waals surface area contributed by atoms with Crippen LogP contribution >= 0.6 is 0 Å². The number of benzene rings is 1. The van der Waals surface area contributed by atoms with Gasteiger partial charge in [0.15, 0.2) is 11.4 Å². The molecule has 1 aliphatic carbocycles. The van der Waals surface area contributed by atoms with Gasteiger partial charge in [0.05, 0.1) is 5.69 Å². The fourth-order valence-electron chi connectivity index (χ4n) is 3.64. The van der Waals surface area contributed by atoms with Crippen LogP contribution in [0.15, 0.2) is 41.2 Å². The van der Waals surface area contributed by atoms with Crippen molar-refractivity contribution < 1.29 is 14.4 Å². The lowest BCUT2D eigenvalue weighted by molar-refractivity contribution is -0.131. The molecule has 0 saturated carbocycles. The fraction of sp³-hybridized carbons (Fsp3) is 0.250. The molecule has 1 aliphatic rings. The number of nitrogens with zero attached hydrogens (tertiary/aromatic N) is 2. The summed E-state index contributed by atoms with van der Waals surface area (Å²) in [5, 5.41) is 15.3. The zero-order valence-corrected chi connectivity index (χ0v) is 14.3. The molecule has 0 fully saturated rings. The van der Waals surface area contributed by atoms with Crippen molar-refractivity contribution in [1.29, 1.82) is 0 Å². The number of ketones is 1. The molecule has 0 aliphatic heterocycles. The van der Waals surface area contributed by atoms with Crippen LogP contribution in [0.5, 0.6) is 0 Å². The lowest BCUT2D eigenvalue weighted by Crippen LogP contribution is -2.33. The third-order valence-corrected chi connectivity index (χ3v) is 4.87. The maximum atomic E-state index is 12.7. The standard InChI is InChI=1S/C20H18N2O3/c1-11-6-16(10-21-9-11)20(24)17-7-15(5-4-14(17)8-18(20)23)19-12(2)22-25-13(19)3/h4-7,9-10,24H,8H2,1-3H3. The first-order valence-corrected chi connectivity index (χ1v) is 8.15. The van der Waals surface area contributed by atoms with Crippen LogP contribution in [0.1, 0.15) is 33.7 Å². The Kier molecular flexibility index (Phi) is 3.37. The van der Waals surface area contributed by atoms with Gasteiger partial charge >= 0.3 is 0 Å². The van der Waals surface area contributed by atoms with Crippen LogP contribution in [0.2, 0.25) is 0 Å². The average molecular weight is 334 g/mol. The van der Waals surface area contributed by atoms with E-state index in [-0.39, 0.29) is 12.2 Å². The Labute approximate surface area is 145 Å². The van der Waals surface area contributed by atoms with Gasteiger partial charge in [-0.15, -0.1) is 0 Å². The summed E-state index contributed by atoms with van der Waals surface area (Å²) in [5.74, 6) is 0.480. The van der Waals surface area contributed by atoms with Crippen molar-refractivity contribution in [3.05, 3.63) is 70.4 Å². The van der Waals surface area contributed by atoms with Crippen molar-refractivity contribution >= 4 is 5.78 Å². The molecular formula is C20H18N2O3. The minimum Gasteiger partial charge on any atom is -0.373 e. The lowest BCUT2D eigenvalue weighted by atomic mass is 9.86. The van der Waals surface area contributed by atoms with E-state index in [2.05, 4.69) is 10.1 Å². The SMILES string of the molecule is Cc1cncc(C2(O)C(=O)Cc3ccc(-c4c(C)noc4C)cc32)c1. The van der Waals surface area contributed by atoms with Gasteiger partial charge in [0.2, 0.25) is 0 Å². The van der Waals surface area contributed by atoms with Crippen LogP contribution in [0.3, 0.4) is 0 Å². The number of aliphatic hydroxyl groups is 1. The Morgan fingerprint density at radius 3 is 2.64 bits per heavy atom. The molecule has 0 radical (unpaired) electrons. The van der Waals surface area contributed by atoms with Gasteiger partial charge in [0.25, 0.3) is 0 Å². The number of hydrogen-bond acceptors (Lipinski definition) is 5. The second-order valence-electron chi connectivity index (χ2n) is 6.63. The van der Waals surface area contributed by atoms with E-state index < -0.39 is 5.60 Å². The zero-order valence-electron chi connectivity index (χ0n) is 14.3. The number of aryl methyl sites for hydroxylation is 3. The van der Waals surface area contributed by atoms with Gasteiger partial charge in [0, 0.05) is 29.9 Å². The van der Waals surface area contributed by atoms with Gasteiger partial charge in [-0.2, -0.15) is 0 Å². The van der Waals surface area contributed by atoms with Crippen LogP contribution < -0.4 is 0 Å². The molecule has 0 amide bonds. The van der Waals surface area contributed by atoms with E-state index in [0.29, 0.717) is 16.9 Å². The third kappa shape index (κ3) is 2.23. The van der Waals surface area contributed by atoms with E-state index in [1.807, 2.05) is 45.0 Å². The Hall–Kier alpha value is -2.79. The van der Waals surface area contributed by atoms with E-state index in [9.17, 15) is 9.90 Å². The summed E-state index contributed by atoms with van der Waals surface area (Å²) in [6.07, 6.45) is 3.47. The smallest absolute Gasteiger partial charge is 0.178 e. The number of carbonyl (C=O) groups excluding carboxylic acids is 1. The normalized spacial score (nSPS) is 19.3. The Balaban J connectivity index is 1.93. The number of aromatic nitrogens is 2. The number of rotatable bonds is 2. The zero-order chi connectivity index (χ0) is 17.8. The van der Waals surface area contributed by atoms with E-state index in [1.165, 1.54) is 0 Å². The van der Waals surface area contributed by atoms with Crippen molar-refractivity contribution in [3.63, 3.8) is 0 Å². The van der Waals surface area contributed by atoms with E-state index in [0.717, 1.165) is 27.9 Å². The highest BCUT2D eigenvalue weighted by atomic mass is 16.5. The molecule has 2 aromatic heterocycles. The highest BCUT2D eigenvalue weighted by molar-refractivity contribution is 5.98. The molecule has 1 aromatic carbocycles. The summed E-state index contributed by atoms with van der Waals surface area (Å²) in [5.41, 5.74) is 3.75. The molecule has 3 aromatic rings. The summed E-state index contributed by atoms with van der Waals surface area (Å²) < 4.78 is 5.25. The minimum atomic E-state index is -1.66. The van der Waals surface area contributed by atoms with Crippen LogP contribution in [0, 0.1) is 20.8 Å². The molecule has 0 saturated heterocycles. The summed E-state index contributed by atoms with van der Waals surface area (Å²) in [6, 6.07) is 7.52. The van der Waals surface area contributed by atoms with Crippen LogP contribution in [-0.4, -0.2) is 21.0 Å². The molecule has 2 heterocycles. The highest BCUT2D eigenvalue weighted by Gasteiger charge is 2.46. The van der Waals surface area contributed by atoms with Crippen molar-refractivity contribution in [3.8, 4) is 11.1 Å². The van der Waals surface area contributed by atoms with Gasteiger partial charge in [-0.3, -0.25) is 9.78 Å². The summed E-state index contributed by atoms with van der Waals surface area (Å²) >= 11 is 0. The minimum absolute atomic E-state index is 0.210. The fourth-order valence-corrected chi connectivity index (χ4v) is 3.64. The van der Waals surface area contributed by atoms with Crippen molar-refractivity contribution in [1.82, 2.24) is 10.1 Å². The number of carbonyl (C=O) groups is 1. The molecule has 25 heavy (non-hydrogen) atoms. The molecule has 4 rings (SSSR count). The average Bonchev–Trinajstić information content (AvgIpc) is 3.05. The number of pyridine rings is 1. The Bertz CT molecular complexity index is 986. The number of Topliss-reactive ketones (excluding diaryl/α,β-unsaturated/α-hetero) is 1. The Morgan fingerprint density at radius 2 is 1.96 bits per heavy atom. The van der Waals surface area contributed by atoms with Gasteiger partial charge in [0.1, 0.15) is 5.76 Å². The number of fused-ring (bicyclic) bond motifs is 1. The largest absolute Gasteiger partial charge is 0.373 e. The molecule has 5 heteroatoms. The predicted octanol–water partition coefficient (Wildman–Crippen LogP) is 3.02. The quantitative estimate of drug-likeness (QED) is 0.779. The molecule has 1 N–H and O–H groups in total. The van der Waals surface area contributed by atoms with Crippen molar-refractivity contribution in [2.24, 2.45) is 0 Å². The van der Waals surface area contributed by atoms with Crippen molar-refractivity contribution in [2.45, 2.75) is 32.8 Å². The summed E-state index contributed by atoms with van der Waals surface area (Å²) in [6.45, 7) is 5.62. The van der Waals surface area contributed by atoms with Crippen LogP contribution in [0.25, 0.3) is 11.1 Å². The second kappa shape index (κ2) is 5.36. The van der Waals surface area contributed by atoms with E-state index in [4.69, 9.17) is 4.52 Å². The third-order valence-electron chi connectivity index (χ3n) is 4.87. The molecule has 126 valence electrons. The molecule has 1 atom stereocenters. The highest BCUT2D eigenvalue weighted by Crippen LogP contribution is 2.42. The first-order valence-electron chi connectivity index (χ1n) is 8.15. The Morgan fingerprint density at radius 1 is 1.16 bits per heavy atom. The van der Waals surface area contributed by atoms with Gasteiger partial charge in [-0.25, -0.2) is 0 Å². The van der Waals surface area contributed by atoms with Gasteiger partial charge < -0.3 is 9.63 Å². The summed E-state index contributed by atoms with van der Waals surface area (Å²) in [7, 11) is 0. The summed E-state index contributed by atoms with van der Waals surface area (Å²) in [4.78, 5) is 16.8. The maximum absolute atomic E-state index is 12.7. The first kappa shape index (κ1) is 15.7. The first-order chi connectivity index (χ1) is 11.9.